The van der Waals surface area contributed by atoms with E-state index < -0.39 is 10.0 Å². The van der Waals surface area contributed by atoms with Gasteiger partial charge < -0.3 is 9.84 Å². The molecule has 3 rings (SSSR count). The fraction of sp³-hybridized carbons (Fsp3) is 0.250. The Morgan fingerprint density at radius 2 is 1.73 bits per heavy atom. The van der Waals surface area contributed by atoms with Crippen molar-refractivity contribution >= 4 is 38.9 Å². The zero-order valence-corrected chi connectivity index (χ0v) is 17.8. The molecule has 8 nitrogen and oxygen atoms in total. The number of amides is 1. The number of benzene rings is 2. The van der Waals surface area contributed by atoms with E-state index in [0.717, 1.165) is 5.56 Å². The molecule has 2 N–H and O–H groups in total. The van der Waals surface area contributed by atoms with Gasteiger partial charge in [-0.3, -0.25) is 9.52 Å². The number of nitrogens with one attached hydrogen (secondary N) is 2. The van der Waals surface area contributed by atoms with Gasteiger partial charge >= 0.3 is 0 Å². The van der Waals surface area contributed by atoms with Gasteiger partial charge in [-0.05, 0) is 55.0 Å². The molecule has 1 amide bonds. The minimum Gasteiger partial charge on any atom is -0.339 e. The van der Waals surface area contributed by atoms with E-state index in [1.165, 1.54) is 0 Å². The van der Waals surface area contributed by atoms with Crippen LogP contribution in [0.1, 0.15) is 25.7 Å². The Hall–Kier alpha value is -2.91. The lowest BCUT2D eigenvalue weighted by atomic mass is 10.2. The Balaban J connectivity index is 1.51. The molecule has 3 aromatic rings. The predicted octanol–water partition coefficient (Wildman–Crippen LogP) is 4.11. The van der Waals surface area contributed by atoms with Crippen LogP contribution in [0.15, 0.2) is 53.1 Å². The maximum Gasteiger partial charge on any atom is 0.232 e. The Bertz CT molecular complexity index is 1100. The Labute approximate surface area is 179 Å². The lowest BCUT2D eigenvalue weighted by molar-refractivity contribution is -0.116. The maximum absolute atomic E-state index is 12.2. The van der Waals surface area contributed by atoms with Crippen molar-refractivity contribution in [1.29, 1.82) is 0 Å². The molecule has 0 saturated carbocycles. The third-order valence-corrected chi connectivity index (χ3v) is 5.80. The van der Waals surface area contributed by atoms with Crippen LogP contribution in [0, 0.1) is 0 Å². The molecule has 0 unspecified atom stereocenters. The summed E-state index contributed by atoms with van der Waals surface area (Å²) in [7, 11) is -3.35. The summed E-state index contributed by atoms with van der Waals surface area (Å²) in [6.07, 6.45) is 0.985. The van der Waals surface area contributed by atoms with E-state index in [2.05, 4.69) is 20.2 Å². The number of carbonyl (C=O) groups excluding carboxylic acids is 1. The second-order valence-corrected chi connectivity index (χ2v) is 8.84. The molecular formula is C20H21ClN4O4S. The number of anilines is 2. The summed E-state index contributed by atoms with van der Waals surface area (Å²) in [6.45, 7) is 1.80. The smallest absolute Gasteiger partial charge is 0.232 e. The molecule has 0 aliphatic heterocycles. The van der Waals surface area contributed by atoms with Gasteiger partial charge in [0.1, 0.15) is 0 Å². The van der Waals surface area contributed by atoms with Crippen molar-refractivity contribution in [3.05, 3.63) is 59.4 Å². The monoisotopic (exact) mass is 448 g/mol. The highest BCUT2D eigenvalue weighted by molar-refractivity contribution is 7.92. The molecule has 0 saturated heterocycles. The van der Waals surface area contributed by atoms with Crippen LogP contribution in [-0.2, 0) is 21.2 Å². The molecule has 0 aliphatic carbocycles. The predicted molar refractivity (Wildman–Crippen MR) is 116 cm³/mol. The second-order valence-electron chi connectivity index (χ2n) is 6.57. The highest BCUT2D eigenvalue weighted by Gasteiger charge is 2.12. The summed E-state index contributed by atoms with van der Waals surface area (Å²) in [5, 5.41) is 7.28. The first-order chi connectivity index (χ1) is 14.3. The fourth-order valence-electron chi connectivity index (χ4n) is 2.64. The lowest BCUT2D eigenvalue weighted by Gasteiger charge is -2.08. The number of carbonyl (C=O) groups is 1. The molecule has 0 radical (unpaired) electrons. The topological polar surface area (TPSA) is 114 Å². The summed E-state index contributed by atoms with van der Waals surface area (Å²) in [6, 6.07) is 13.5. The van der Waals surface area contributed by atoms with Crippen LogP contribution < -0.4 is 10.0 Å². The number of hydrogen-bond acceptors (Lipinski definition) is 6. The van der Waals surface area contributed by atoms with Crippen LogP contribution in [0.4, 0.5) is 11.4 Å². The van der Waals surface area contributed by atoms with Crippen LogP contribution in [0.25, 0.3) is 11.4 Å². The Morgan fingerprint density at radius 1 is 1.07 bits per heavy atom. The first-order valence-electron chi connectivity index (χ1n) is 9.33. The summed E-state index contributed by atoms with van der Waals surface area (Å²) in [5.41, 5.74) is 1.78. The van der Waals surface area contributed by atoms with Gasteiger partial charge in [-0.25, -0.2) is 8.42 Å². The van der Waals surface area contributed by atoms with E-state index in [1.54, 1.807) is 55.5 Å². The van der Waals surface area contributed by atoms with Crippen LogP contribution in [0.2, 0.25) is 5.02 Å². The molecule has 0 bridgehead atoms. The Morgan fingerprint density at radius 3 is 2.40 bits per heavy atom. The second kappa shape index (κ2) is 9.73. The van der Waals surface area contributed by atoms with Crippen molar-refractivity contribution in [1.82, 2.24) is 10.1 Å². The van der Waals surface area contributed by atoms with Gasteiger partial charge in [0.05, 0.1) is 5.75 Å². The normalized spacial score (nSPS) is 11.3. The van der Waals surface area contributed by atoms with Crippen molar-refractivity contribution in [2.24, 2.45) is 0 Å². The van der Waals surface area contributed by atoms with Gasteiger partial charge in [-0.15, -0.1) is 0 Å². The van der Waals surface area contributed by atoms with E-state index in [0.29, 0.717) is 41.0 Å². The standard InChI is InChI=1S/C20H21ClN4O4S/c1-2-13-30(27,28)25-17-9-7-16(8-10-17)22-18(26)11-12-19-23-20(24-29-19)14-3-5-15(21)6-4-14/h3-10,25H,2,11-13H2,1H3,(H,22,26). The maximum atomic E-state index is 12.2. The van der Waals surface area contributed by atoms with Crippen LogP contribution in [0.5, 0.6) is 0 Å². The molecular weight excluding hydrogens is 428 g/mol. The van der Waals surface area contributed by atoms with E-state index >= 15 is 0 Å². The molecule has 10 heteroatoms. The number of aromatic nitrogens is 2. The molecule has 0 spiro atoms. The molecule has 0 atom stereocenters. The average molecular weight is 449 g/mol. The van der Waals surface area contributed by atoms with Crippen molar-refractivity contribution in [3.63, 3.8) is 0 Å². The van der Waals surface area contributed by atoms with E-state index in [9.17, 15) is 13.2 Å². The Kier molecular flexibility index (Phi) is 7.07. The molecule has 1 aromatic heterocycles. The number of hydrogen-bond donors (Lipinski definition) is 2. The highest BCUT2D eigenvalue weighted by atomic mass is 35.5. The van der Waals surface area contributed by atoms with E-state index in [-0.39, 0.29) is 18.1 Å². The van der Waals surface area contributed by atoms with Crippen LogP contribution in [0.3, 0.4) is 0 Å². The molecule has 0 fully saturated rings. The first kappa shape index (κ1) is 21.8. The van der Waals surface area contributed by atoms with Gasteiger partial charge in [-0.1, -0.05) is 23.7 Å². The zero-order valence-electron chi connectivity index (χ0n) is 16.3. The first-order valence-corrected chi connectivity index (χ1v) is 11.4. The van der Waals surface area contributed by atoms with Gasteiger partial charge in [0.25, 0.3) is 0 Å². The number of aryl methyl sites for hydroxylation is 1. The van der Waals surface area contributed by atoms with Crippen molar-refractivity contribution in [2.75, 3.05) is 15.8 Å². The molecule has 2 aromatic carbocycles. The third-order valence-electron chi connectivity index (χ3n) is 4.05. The zero-order chi connectivity index (χ0) is 21.6. The number of nitrogens with zero attached hydrogens (tertiary/aromatic N) is 2. The molecule has 1 heterocycles. The molecule has 158 valence electrons. The van der Waals surface area contributed by atoms with Gasteiger partial charge in [0.15, 0.2) is 0 Å². The summed E-state index contributed by atoms with van der Waals surface area (Å²) >= 11 is 5.87. The SMILES string of the molecule is CCCS(=O)(=O)Nc1ccc(NC(=O)CCc2nc(-c3ccc(Cl)cc3)no2)cc1. The largest absolute Gasteiger partial charge is 0.339 e. The van der Waals surface area contributed by atoms with Gasteiger partial charge in [-0.2, -0.15) is 4.98 Å². The van der Waals surface area contributed by atoms with E-state index in [4.69, 9.17) is 16.1 Å². The van der Waals surface area contributed by atoms with Crippen molar-refractivity contribution in [2.45, 2.75) is 26.2 Å². The minimum absolute atomic E-state index is 0.0564. The molecule has 0 aliphatic rings. The lowest BCUT2D eigenvalue weighted by Crippen LogP contribution is -2.16. The fourth-order valence-corrected chi connectivity index (χ4v) is 3.90. The number of sulfonamides is 1. The highest BCUT2D eigenvalue weighted by Crippen LogP contribution is 2.19. The number of rotatable bonds is 9. The summed E-state index contributed by atoms with van der Waals surface area (Å²) in [4.78, 5) is 16.5. The van der Waals surface area contributed by atoms with Crippen LogP contribution in [-0.4, -0.2) is 30.2 Å². The third kappa shape index (κ3) is 6.30. The van der Waals surface area contributed by atoms with Gasteiger partial charge in [0.2, 0.25) is 27.6 Å². The summed E-state index contributed by atoms with van der Waals surface area (Å²) < 4.78 is 31.2. The number of halogens is 1. The van der Waals surface area contributed by atoms with Crippen molar-refractivity contribution < 1.29 is 17.7 Å². The van der Waals surface area contributed by atoms with Gasteiger partial charge in [0, 0.05) is 34.8 Å². The van der Waals surface area contributed by atoms with E-state index in [1.807, 2.05) is 0 Å². The molecule has 30 heavy (non-hydrogen) atoms. The van der Waals surface area contributed by atoms with Crippen LogP contribution >= 0.6 is 11.6 Å². The summed E-state index contributed by atoms with van der Waals surface area (Å²) in [5.74, 6) is 0.625. The van der Waals surface area contributed by atoms with Crippen molar-refractivity contribution in [3.8, 4) is 11.4 Å². The average Bonchev–Trinajstić information content (AvgIpc) is 3.17. The quantitative estimate of drug-likeness (QED) is 0.509. The minimum atomic E-state index is -3.35.